The van der Waals surface area contributed by atoms with E-state index in [1.54, 1.807) is 18.2 Å². The maximum Gasteiger partial charge on any atom is 0.303 e. The van der Waals surface area contributed by atoms with Crippen molar-refractivity contribution in [2.75, 3.05) is 0 Å². The monoisotopic (exact) mass is 554 g/mol. The highest BCUT2D eigenvalue weighted by atomic mass is 19.3. The zero-order valence-electron chi connectivity index (χ0n) is 22.8. The summed E-state index contributed by atoms with van der Waals surface area (Å²) in [6.07, 6.45) is 5.46. The van der Waals surface area contributed by atoms with Crippen molar-refractivity contribution in [3.8, 4) is 16.9 Å². The van der Waals surface area contributed by atoms with Crippen molar-refractivity contribution in [1.82, 2.24) is 0 Å². The number of carboxylic acids is 1. The van der Waals surface area contributed by atoms with Crippen LogP contribution in [0.2, 0.25) is 0 Å². The van der Waals surface area contributed by atoms with Crippen molar-refractivity contribution >= 4 is 11.5 Å². The zero-order chi connectivity index (χ0) is 28.9. The Balaban J connectivity index is 0.00000115. The molecule has 2 aliphatic rings. The quantitative estimate of drug-likeness (QED) is 0.268. The van der Waals surface area contributed by atoms with Gasteiger partial charge in [0.15, 0.2) is 11.6 Å². The minimum absolute atomic E-state index is 0.00426. The van der Waals surface area contributed by atoms with Gasteiger partial charge >= 0.3 is 5.97 Å². The summed E-state index contributed by atoms with van der Waals surface area (Å²) in [6, 6.07) is 13.2. The fraction of sp³-hybridized carbons (Fsp3) is 0.364. The van der Waals surface area contributed by atoms with Crippen LogP contribution in [0.3, 0.4) is 0 Å². The predicted octanol–water partition coefficient (Wildman–Crippen LogP) is 9.54. The molecule has 0 spiro atoms. The van der Waals surface area contributed by atoms with E-state index in [1.807, 2.05) is 6.07 Å². The van der Waals surface area contributed by atoms with Crippen LogP contribution in [-0.4, -0.2) is 11.1 Å². The van der Waals surface area contributed by atoms with Crippen LogP contribution in [-0.2, 0) is 17.8 Å². The molecule has 0 radical (unpaired) electrons. The number of ether oxygens (including phenoxy) is 1. The summed E-state index contributed by atoms with van der Waals surface area (Å²) in [5.41, 5.74) is 2.82. The van der Waals surface area contributed by atoms with Gasteiger partial charge in [0, 0.05) is 17.5 Å². The minimum Gasteiger partial charge on any atom is -0.486 e. The maximum absolute atomic E-state index is 14.9. The average Bonchev–Trinajstić information content (AvgIpc) is 3.76. The number of alkyl halides is 2. The van der Waals surface area contributed by atoms with E-state index in [0.717, 1.165) is 36.1 Å². The third-order valence-corrected chi connectivity index (χ3v) is 7.15. The van der Waals surface area contributed by atoms with Crippen LogP contribution in [0, 0.1) is 17.0 Å². The van der Waals surface area contributed by atoms with E-state index >= 15 is 0 Å². The van der Waals surface area contributed by atoms with Gasteiger partial charge in [-0.2, -0.15) is 0 Å². The Morgan fingerprint density at radius 3 is 2.35 bits per heavy atom. The van der Waals surface area contributed by atoms with E-state index in [0.29, 0.717) is 11.1 Å². The number of benzene rings is 3. The molecule has 0 aromatic heterocycles. The molecule has 7 heteroatoms. The van der Waals surface area contributed by atoms with Crippen molar-refractivity contribution < 1.29 is 32.2 Å². The molecule has 3 aromatic rings. The SMILES string of the molecule is C1CC1.CC1(C)CCC=C1c1cc(COc2cccc(CCC(=O)O)c2F)ccc1-c1cc(C(F)F)ccc1F. The van der Waals surface area contributed by atoms with E-state index in [1.165, 1.54) is 37.5 Å². The van der Waals surface area contributed by atoms with Gasteiger partial charge in [-0.3, -0.25) is 4.79 Å². The zero-order valence-corrected chi connectivity index (χ0v) is 22.8. The Bertz CT molecular complexity index is 1390. The highest BCUT2D eigenvalue weighted by Crippen LogP contribution is 2.47. The molecular formula is C33H34F4O3. The van der Waals surface area contributed by atoms with E-state index in [2.05, 4.69) is 19.9 Å². The Labute approximate surface area is 232 Å². The van der Waals surface area contributed by atoms with Crippen LogP contribution in [0.1, 0.15) is 81.1 Å². The Morgan fingerprint density at radius 1 is 0.975 bits per heavy atom. The smallest absolute Gasteiger partial charge is 0.303 e. The van der Waals surface area contributed by atoms with E-state index in [-0.39, 0.29) is 47.3 Å². The average molecular weight is 555 g/mol. The molecule has 0 heterocycles. The third-order valence-electron chi connectivity index (χ3n) is 7.15. The molecular weight excluding hydrogens is 520 g/mol. The summed E-state index contributed by atoms with van der Waals surface area (Å²) in [4.78, 5) is 10.9. The molecule has 0 bridgehead atoms. The lowest BCUT2D eigenvalue weighted by molar-refractivity contribution is -0.136. The van der Waals surface area contributed by atoms with Crippen LogP contribution in [0.25, 0.3) is 16.7 Å². The number of rotatable bonds is 9. The van der Waals surface area contributed by atoms with Gasteiger partial charge < -0.3 is 9.84 Å². The number of hydrogen-bond donors (Lipinski definition) is 1. The molecule has 0 unspecified atom stereocenters. The molecule has 0 aliphatic heterocycles. The summed E-state index contributed by atoms with van der Waals surface area (Å²) >= 11 is 0. The van der Waals surface area contributed by atoms with Crippen LogP contribution in [0.15, 0.2) is 60.7 Å². The number of halogens is 4. The number of hydrogen-bond acceptors (Lipinski definition) is 2. The van der Waals surface area contributed by atoms with Gasteiger partial charge in [0.1, 0.15) is 12.4 Å². The molecule has 1 saturated carbocycles. The van der Waals surface area contributed by atoms with Gasteiger partial charge in [0.2, 0.25) is 0 Å². The first-order valence-electron chi connectivity index (χ1n) is 13.6. The van der Waals surface area contributed by atoms with Crippen LogP contribution in [0.5, 0.6) is 5.75 Å². The fourth-order valence-electron chi connectivity index (χ4n) is 4.75. The lowest BCUT2D eigenvalue weighted by Gasteiger charge is -2.25. The third kappa shape index (κ3) is 7.32. The number of carboxylic acid groups (broad SMARTS) is 1. The first-order chi connectivity index (χ1) is 19.1. The van der Waals surface area contributed by atoms with E-state index < -0.39 is 24.0 Å². The first kappa shape index (κ1) is 29.4. The van der Waals surface area contributed by atoms with Crippen LogP contribution < -0.4 is 4.74 Å². The van der Waals surface area contributed by atoms with Crippen LogP contribution >= 0.6 is 0 Å². The Hall–Kier alpha value is -3.61. The molecule has 1 fully saturated rings. The second-order valence-corrected chi connectivity index (χ2v) is 10.9. The number of aliphatic carboxylic acids is 1. The Morgan fingerprint density at radius 2 is 1.73 bits per heavy atom. The van der Waals surface area contributed by atoms with Gasteiger partial charge in [-0.15, -0.1) is 0 Å². The molecule has 0 saturated heterocycles. The molecule has 2 aliphatic carbocycles. The second kappa shape index (κ2) is 12.7. The standard InChI is InChI=1S/C30H28F4O3.C3H6/c1-30(2)14-4-6-24(30)22-15-18(8-11-21(22)23-16-20(29(33)34)9-12-25(23)31)17-37-26-7-3-5-19(28(26)32)10-13-27(35)36;1-2-3-1/h3,5-9,11-12,15-16,29H,4,10,13-14,17H2,1-2H3,(H,35,36);1-3H2. The molecule has 5 rings (SSSR count). The van der Waals surface area contributed by atoms with Gasteiger partial charge in [0.25, 0.3) is 6.43 Å². The van der Waals surface area contributed by atoms with E-state index in [9.17, 15) is 22.4 Å². The normalized spacial score (nSPS) is 15.3. The van der Waals surface area contributed by atoms with Gasteiger partial charge in [-0.25, -0.2) is 17.6 Å². The molecule has 3 nitrogen and oxygen atoms in total. The van der Waals surface area contributed by atoms with Crippen molar-refractivity contribution in [2.45, 2.75) is 71.8 Å². The minimum atomic E-state index is -2.72. The molecule has 0 atom stereocenters. The maximum atomic E-state index is 14.9. The van der Waals surface area contributed by atoms with Crippen molar-refractivity contribution in [2.24, 2.45) is 5.41 Å². The lowest BCUT2D eigenvalue weighted by atomic mass is 9.79. The fourth-order valence-corrected chi connectivity index (χ4v) is 4.75. The Kier molecular flexibility index (Phi) is 9.33. The molecule has 0 amide bonds. The lowest BCUT2D eigenvalue weighted by Crippen LogP contribution is -2.10. The van der Waals surface area contributed by atoms with E-state index in [4.69, 9.17) is 9.84 Å². The molecule has 1 N–H and O–H groups in total. The van der Waals surface area contributed by atoms with Crippen LogP contribution in [0.4, 0.5) is 17.6 Å². The molecule has 3 aromatic carbocycles. The second-order valence-electron chi connectivity index (χ2n) is 10.9. The topological polar surface area (TPSA) is 46.5 Å². The highest BCUT2D eigenvalue weighted by Gasteiger charge is 2.30. The molecule has 212 valence electrons. The summed E-state index contributed by atoms with van der Waals surface area (Å²) in [5.74, 6) is -2.21. The number of carbonyl (C=O) groups is 1. The molecule has 40 heavy (non-hydrogen) atoms. The number of allylic oxidation sites excluding steroid dienone is 2. The predicted molar refractivity (Wildman–Crippen MR) is 148 cm³/mol. The van der Waals surface area contributed by atoms with Gasteiger partial charge in [-0.05, 0) is 76.8 Å². The largest absolute Gasteiger partial charge is 0.486 e. The van der Waals surface area contributed by atoms with Crippen molar-refractivity contribution in [3.05, 3.63) is 94.6 Å². The summed E-state index contributed by atoms with van der Waals surface area (Å²) in [5, 5.41) is 8.88. The first-order valence-corrected chi connectivity index (χ1v) is 13.6. The van der Waals surface area contributed by atoms with Crippen molar-refractivity contribution in [1.29, 1.82) is 0 Å². The summed E-state index contributed by atoms with van der Waals surface area (Å²) in [6.45, 7) is 4.19. The highest BCUT2D eigenvalue weighted by molar-refractivity contribution is 5.85. The summed E-state index contributed by atoms with van der Waals surface area (Å²) < 4.78 is 62.2. The van der Waals surface area contributed by atoms with Crippen molar-refractivity contribution in [3.63, 3.8) is 0 Å². The van der Waals surface area contributed by atoms with Gasteiger partial charge in [0.05, 0.1) is 0 Å². The van der Waals surface area contributed by atoms with Gasteiger partial charge in [-0.1, -0.05) is 69.5 Å². The summed E-state index contributed by atoms with van der Waals surface area (Å²) in [7, 11) is 0. The number of aryl methyl sites for hydroxylation is 1.